The molecule has 8 heteroatoms. The molecule has 0 atom stereocenters. The molecule has 0 spiro atoms. The summed E-state index contributed by atoms with van der Waals surface area (Å²) in [5, 5.41) is 9.30. The molecule has 3 rings (SSSR count). The second kappa shape index (κ2) is 5.87. The molecule has 0 radical (unpaired) electrons. The summed E-state index contributed by atoms with van der Waals surface area (Å²) in [6, 6.07) is 3.15. The van der Waals surface area contributed by atoms with E-state index in [1.54, 1.807) is 10.6 Å². The smallest absolute Gasteiger partial charge is 0.266 e. The van der Waals surface area contributed by atoms with Crippen molar-refractivity contribution in [3.05, 3.63) is 45.2 Å². The standard InChI is InChI=1S/C17H21N5O3/c1-9-11(10(2)22-14(18-9)8-16(24)20-22)6-15(23)19-13-7-12(25-21-13)17(3,4)5/h7-8H,6H2,1-5H3,(H,20,24)(H,19,21,23). The van der Waals surface area contributed by atoms with Gasteiger partial charge >= 0.3 is 0 Å². The number of fused-ring (bicyclic) bond motifs is 1. The van der Waals surface area contributed by atoms with E-state index in [4.69, 9.17) is 4.52 Å². The molecule has 0 unspecified atom stereocenters. The van der Waals surface area contributed by atoms with E-state index in [0.717, 1.165) is 11.3 Å². The van der Waals surface area contributed by atoms with Gasteiger partial charge in [0.2, 0.25) is 5.91 Å². The Balaban J connectivity index is 1.82. The van der Waals surface area contributed by atoms with Crippen LogP contribution in [0.1, 0.15) is 43.5 Å². The fourth-order valence-electron chi connectivity index (χ4n) is 2.65. The lowest BCUT2D eigenvalue weighted by Crippen LogP contribution is -2.18. The van der Waals surface area contributed by atoms with Gasteiger partial charge in [-0.15, -0.1) is 0 Å². The van der Waals surface area contributed by atoms with Crippen LogP contribution in [0.4, 0.5) is 5.82 Å². The highest BCUT2D eigenvalue weighted by molar-refractivity contribution is 5.91. The van der Waals surface area contributed by atoms with Crippen LogP contribution < -0.4 is 10.9 Å². The maximum Gasteiger partial charge on any atom is 0.266 e. The third kappa shape index (κ3) is 3.33. The van der Waals surface area contributed by atoms with Gasteiger partial charge in [-0.2, -0.15) is 0 Å². The molecular weight excluding hydrogens is 322 g/mol. The molecule has 0 fully saturated rings. The third-order valence-corrected chi connectivity index (χ3v) is 4.06. The van der Waals surface area contributed by atoms with E-state index in [9.17, 15) is 9.59 Å². The van der Waals surface area contributed by atoms with Crippen molar-refractivity contribution in [3.8, 4) is 0 Å². The molecule has 25 heavy (non-hydrogen) atoms. The summed E-state index contributed by atoms with van der Waals surface area (Å²) in [6.45, 7) is 9.68. The lowest BCUT2D eigenvalue weighted by molar-refractivity contribution is -0.115. The van der Waals surface area contributed by atoms with Crippen molar-refractivity contribution in [1.82, 2.24) is 19.8 Å². The van der Waals surface area contributed by atoms with Crippen molar-refractivity contribution in [2.24, 2.45) is 0 Å². The van der Waals surface area contributed by atoms with Gasteiger partial charge in [0.05, 0.1) is 6.42 Å². The number of aryl methyl sites for hydroxylation is 2. The van der Waals surface area contributed by atoms with Gasteiger partial charge in [-0.25, -0.2) is 9.50 Å². The van der Waals surface area contributed by atoms with Crippen LogP contribution in [0.2, 0.25) is 0 Å². The molecule has 1 amide bonds. The third-order valence-electron chi connectivity index (χ3n) is 4.06. The molecule has 0 saturated heterocycles. The van der Waals surface area contributed by atoms with Crippen molar-refractivity contribution in [3.63, 3.8) is 0 Å². The van der Waals surface area contributed by atoms with E-state index < -0.39 is 0 Å². The SMILES string of the molecule is Cc1nc2cc(=O)[nH]n2c(C)c1CC(=O)Nc1cc(C(C)(C)C)on1. The van der Waals surface area contributed by atoms with Crippen LogP contribution in [0.25, 0.3) is 5.65 Å². The molecule has 132 valence electrons. The predicted molar refractivity (Wildman–Crippen MR) is 92.8 cm³/mol. The lowest BCUT2D eigenvalue weighted by Gasteiger charge is -2.12. The Kier molecular flexibility index (Phi) is 3.98. The Morgan fingerprint density at radius 2 is 2.04 bits per heavy atom. The number of H-pyrrole nitrogens is 1. The minimum absolute atomic E-state index is 0.124. The summed E-state index contributed by atoms with van der Waals surface area (Å²) in [5.74, 6) is 0.854. The van der Waals surface area contributed by atoms with Crippen molar-refractivity contribution in [1.29, 1.82) is 0 Å². The summed E-state index contributed by atoms with van der Waals surface area (Å²) < 4.78 is 6.86. The molecule has 0 saturated carbocycles. The second-order valence-corrected chi connectivity index (χ2v) is 7.13. The Morgan fingerprint density at radius 3 is 2.68 bits per heavy atom. The number of nitrogens with one attached hydrogen (secondary N) is 2. The highest BCUT2D eigenvalue weighted by Gasteiger charge is 2.21. The van der Waals surface area contributed by atoms with Gasteiger partial charge in [0.15, 0.2) is 11.5 Å². The summed E-state index contributed by atoms with van der Waals surface area (Å²) in [7, 11) is 0. The first kappa shape index (κ1) is 16.9. The zero-order valence-electron chi connectivity index (χ0n) is 14.9. The molecule has 0 aliphatic heterocycles. The number of aromatic nitrogens is 4. The number of carbonyl (C=O) groups is 1. The average molecular weight is 343 g/mol. The Hall–Kier alpha value is -2.90. The normalized spacial score (nSPS) is 11.9. The fraction of sp³-hybridized carbons (Fsp3) is 0.412. The van der Waals surface area contributed by atoms with Crippen molar-refractivity contribution in [2.45, 2.75) is 46.5 Å². The molecule has 0 aliphatic carbocycles. The molecule has 8 nitrogen and oxygen atoms in total. The Bertz CT molecular complexity index is 1000. The van der Waals surface area contributed by atoms with Crippen molar-refractivity contribution < 1.29 is 9.32 Å². The largest absolute Gasteiger partial charge is 0.359 e. The fourth-order valence-corrected chi connectivity index (χ4v) is 2.65. The topological polar surface area (TPSA) is 105 Å². The van der Waals surface area contributed by atoms with E-state index in [2.05, 4.69) is 20.6 Å². The molecule has 0 bridgehead atoms. The average Bonchev–Trinajstić information content (AvgIpc) is 3.09. The van der Waals surface area contributed by atoms with E-state index in [0.29, 0.717) is 22.9 Å². The Morgan fingerprint density at radius 1 is 1.32 bits per heavy atom. The summed E-state index contributed by atoms with van der Waals surface area (Å²) in [6.07, 6.45) is 0.124. The minimum atomic E-state index is -0.228. The van der Waals surface area contributed by atoms with Gasteiger partial charge in [0, 0.05) is 34.5 Å². The molecule has 0 aromatic carbocycles. The molecule has 3 aromatic rings. The van der Waals surface area contributed by atoms with Crippen molar-refractivity contribution >= 4 is 17.4 Å². The molecule has 0 aliphatic rings. The van der Waals surface area contributed by atoms with Crippen LogP contribution in [0, 0.1) is 13.8 Å². The molecule has 2 N–H and O–H groups in total. The number of hydrogen-bond acceptors (Lipinski definition) is 5. The van der Waals surface area contributed by atoms with Crippen LogP contribution in [0.15, 0.2) is 21.5 Å². The maximum absolute atomic E-state index is 12.4. The van der Waals surface area contributed by atoms with E-state index in [1.165, 1.54) is 6.07 Å². The zero-order chi connectivity index (χ0) is 18.4. The highest BCUT2D eigenvalue weighted by atomic mass is 16.5. The number of anilines is 1. The van der Waals surface area contributed by atoms with Gasteiger partial charge < -0.3 is 9.84 Å². The number of carbonyl (C=O) groups excluding carboxylic acids is 1. The van der Waals surface area contributed by atoms with Gasteiger partial charge in [-0.3, -0.25) is 14.7 Å². The maximum atomic E-state index is 12.4. The van der Waals surface area contributed by atoms with Gasteiger partial charge in [0.1, 0.15) is 5.76 Å². The number of hydrogen-bond donors (Lipinski definition) is 2. The van der Waals surface area contributed by atoms with Crippen LogP contribution in [-0.2, 0) is 16.6 Å². The van der Waals surface area contributed by atoms with E-state index in [1.807, 2.05) is 34.6 Å². The monoisotopic (exact) mass is 343 g/mol. The number of nitrogens with zero attached hydrogens (tertiary/aromatic N) is 3. The van der Waals surface area contributed by atoms with Crippen LogP contribution in [0.5, 0.6) is 0 Å². The Labute approximate surface area is 144 Å². The van der Waals surface area contributed by atoms with Crippen LogP contribution >= 0.6 is 0 Å². The van der Waals surface area contributed by atoms with Crippen LogP contribution in [0.3, 0.4) is 0 Å². The molecule has 3 aromatic heterocycles. The van der Waals surface area contributed by atoms with Gasteiger partial charge in [-0.1, -0.05) is 25.9 Å². The highest BCUT2D eigenvalue weighted by Crippen LogP contribution is 2.24. The first-order chi connectivity index (χ1) is 11.6. The summed E-state index contributed by atoms with van der Waals surface area (Å²) in [5.41, 5.74) is 2.37. The van der Waals surface area contributed by atoms with Crippen LogP contribution in [-0.4, -0.2) is 25.7 Å². The minimum Gasteiger partial charge on any atom is -0.359 e. The van der Waals surface area contributed by atoms with E-state index in [-0.39, 0.29) is 23.3 Å². The number of amides is 1. The number of aromatic amines is 1. The van der Waals surface area contributed by atoms with Crippen molar-refractivity contribution in [2.75, 3.05) is 5.32 Å². The van der Waals surface area contributed by atoms with E-state index >= 15 is 0 Å². The van der Waals surface area contributed by atoms with Gasteiger partial charge in [-0.05, 0) is 13.8 Å². The summed E-state index contributed by atoms with van der Waals surface area (Å²) in [4.78, 5) is 28.3. The number of rotatable bonds is 3. The first-order valence-corrected chi connectivity index (χ1v) is 8.00. The summed E-state index contributed by atoms with van der Waals surface area (Å²) >= 11 is 0. The first-order valence-electron chi connectivity index (χ1n) is 8.00. The zero-order valence-corrected chi connectivity index (χ0v) is 14.9. The molecular formula is C17H21N5O3. The lowest BCUT2D eigenvalue weighted by atomic mass is 9.93. The molecule has 3 heterocycles. The quantitative estimate of drug-likeness (QED) is 0.758. The van der Waals surface area contributed by atoms with Gasteiger partial charge in [0.25, 0.3) is 5.56 Å². The predicted octanol–water partition coefficient (Wildman–Crippen LogP) is 2.11. The second-order valence-electron chi connectivity index (χ2n) is 7.13.